The van der Waals surface area contributed by atoms with Gasteiger partial charge in [-0.25, -0.2) is 19.9 Å². The molecule has 2 heterocycles. The second kappa shape index (κ2) is 4.54. The van der Waals surface area contributed by atoms with E-state index in [4.69, 9.17) is 11.5 Å². The lowest BCUT2D eigenvalue weighted by Crippen LogP contribution is -2.16. The van der Waals surface area contributed by atoms with Crippen LogP contribution in [-0.2, 0) is 0 Å². The highest BCUT2D eigenvalue weighted by atomic mass is 16.1. The maximum absolute atomic E-state index is 11.6. The van der Waals surface area contributed by atoms with Gasteiger partial charge >= 0.3 is 0 Å². The second-order valence-electron chi connectivity index (χ2n) is 4.08. The van der Waals surface area contributed by atoms with Crippen LogP contribution in [0.2, 0.25) is 0 Å². The van der Waals surface area contributed by atoms with E-state index in [0.29, 0.717) is 11.2 Å². The average Bonchev–Trinajstić information content (AvgIpc) is 2.47. The van der Waals surface area contributed by atoms with Crippen molar-refractivity contribution < 1.29 is 4.79 Å². The highest BCUT2D eigenvalue weighted by molar-refractivity contribution is 5.99. The Bertz CT molecular complexity index is 803. The highest BCUT2D eigenvalue weighted by Gasteiger charge is 2.17. The first-order valence-corrected chi connectivity index (χ1v) is 5.80. The third-order valence-corrected chi connectivity index (χ3v) is 2.78. The average molecular weight is 266 g/mol. The van der Waals surface area contributed by atoms with Gasteiger partial charge in [-0.05, 0) is 0 Å². The Hall–Kier alpha value is -3.09. The first-order valence-electron chi connectivity index (χ1n) is 5.80. The summed E-state index contributed by atoms with van der Waals surface area (Å²) in [4.78, 5) is 27.9. The van der Waals surface area contributed by atoms with E-state index in [-0.39, 0.29) is 17.2 Å². The van der Waals surface area contributed by atoms with E-state index < -0.39 is 5.91 Å². The highest BCUT2D eigenvalue weighted by Crippen LogP contribution is 2.23. The van der Waals surface area contributed by atoms with Crippen molar-refractivity contribution >= 4 is 22.9 Å². The number of hydrogen-bond acceptors (Lipinski definition) is 6. The van der Waals surface area contributed by atoms with Gasteiger partial charge in [0.05, 0.1) is 0 Å². The van der Waals surface area contributed by atoms with Gasteiger partial charge in [0, 0.05) is 5.56 Å². The number of nitrogen functional groups attached to an aromatic ring is 1. The Kier molecular flexibility index (Phi) is 2.72. The van der Waals surface area contributed by atoms with Crippen molar-refractivity contribution in [1.29, 1.82) is 0 Å². The van der Waals surface area contributed by atoms with Crippen molar-refractivity contribution in [3.63, 3.8) is 0 Å². The Labute approximate surface area is 113 Å². The normalized spacial score (nSPS) is 10.6. The van der Waals surface area contributed by atoms with Crippen LogP contribution in [0.5, 0.6) is 0 Å². The van der Waals surface area contributed by atoms with Gasteiger partial charge in [0.25, 0.3) is 5.91 Å². The smallest absolute Gasteiger partial charge is 0.269 e. The lowest BCUT2D eigenvalue weighted by atomic mass is 10.1. The molecule has 0 spiro atoms. The van der Waals surface area contributed by atoms with Crippen LogP contribution >= 0.6 is 0 Å². The van der Waals surface area contributed by atoms with Gasteiger partial charge in [-0.3, -0.25) is 4.79 Å². The first kappa shape index (κ1) is 12.0. The van der Waals surface area contributed by atoms with Crippen molar-refractivity contribution in [2.45, 2.75) is 0 Å². The standard InChI is InChI=1S/C13H10N6O/c14-11-10-13(17-6-16-11)19-9(12(15)20)8(18-10)7-4-2-1-3-5-7/h1-6H,(H2,15,20)(H2,14,16,17,19). The summed E-state index contributed by atoms with van der Waals surface area (Å²) in [5.74, 6) is -0.467. The number of nitrogens with zero attached hydrogens (tertiary/aromatic N) is 4. The number of anilines is 1. The fraction of sp³-hybridized carbons (Fsp3) is 0. The van der Waals surface area contributed by atoms with Gasteiger partial charge in [0.1, 0.15) is 12.0 Å². The van der Waals surface area contributed by atoms with Crippen LogP contribution in [-0.4, -0.2) is 25.8 Å². The number of fused-ring (bicyclic) bond motifs is 1. The van der Waals surface area contributed by atoms with Crippen molar-refractivity contribution in [1.82, 2.24) is 19.9 Å². The van der Waals surface area contributed by atoms with Crippen LogP contribution in [0, 0.1) is 0 Å². The van der Waals surface area contributed by atoms with Crippen LogP contribution < -0.4 is 11.5 Å². The number of carbonyl (C=O) groups is 1. The third-order valence-electron chi connectivity index (χ3n) is 2.78. The molecule has 0 fully saturated rings. The number of nitrogens with two attached hydrogens (primary N) is 2. The molecule has 0 saturated carbocycles. The molecule has 0 saturated heterocycles. The molecule has 98 valence electrons. The second-order valence-corrected chi connectivity index (χ2v) is 4.08. The van der Waals surface area contributed by atoms with Crippen LogP contribution in [0.25, 0.3) is 22.4 Å². The first-order chi connectivity index (χ1) is 9.66. The van der Waals surface area contributed by atoms with Gasteiger partial charge in [0.15, 0.2) is 22.7 Å². The lowest BCUT2D eigenvalue weighted by Gasteiger charge is -2.07. The maximum atomic E-state index is 11.6. The van der Waals surface area contributed by atoms with Gasteiger partial charge in [-0.2, -0.15) is 0 Å². The topological polar surface area (TPSA) is 121 Å². The molecule has 0 aliphatic rings. The Morgan fingerprint density at radius 1 is 1.05 bits per heavy atom. The van der Waals surface area contributed by atoms with E-state index in [1.165, 1.54) is 6.33 Å². The van der Waals surface area contributed by atoms with Crippen molar-refractivity contribution in [2.75, 3.05) is 5.73 Å². The van der Waals surface area contributed by atoms with Crippen molar-refractivity contribution in [3.8, 4) is 11.3 Å². The summed E-state index contributed by atoms with van der Waals surface area (Å²) in [6.45, 7) is 0. The van der Waals surface area contributed by atoms with Crippen LogP contribution in [0.3, 0.4) is 0 Å². The Morgan fingerprint density at radius 3 is 2.50 bits per heavy atom. The minimum atomic E-state index is -0.671. The molecule has 1 amide bonds. The Balaban J connectivity index is 2.37. The predicted octanol–water partition coefficient (Wildman–Crippen LogP) is 0.768. The SMILES string of the molecule is NC(=O)c1nc2ncnc(N)c2nc1-c1ccccc1. The summed E-state index contributed by atoms with van der Waals surface area (Å²) < 4.78 is 0. The molecule has 0 bridgehead atoms. The molecular weight excluding hydrogens is 256 g/mol. The van der Waals surface area contributed by atoms with Gasteiger partial charge in [0.2, 0.25) is 0 Å². The maximum Gasteiger partial charge on any atom is 0.269 e. The molecule has 20 heavy (non-hydrogen) atoms. The fourth-order valence-electron chi connectivity index (χ4n) is 1.86. The predicted molar refractivity (Wildman–Crippen MR) is 73.5 cm³/mol. The van der Waals surface area contributed by atoms with Crippen LogP contribution in [0.1, 0.15) is 10.5 Å². The quantitative estimate of drug-likeness (QED) is 0.706. The minimum absolute atomic E-state index is 0.0572. The summed E-state index contributed by atoms with van der Waals surface area (Å²) in [7, 11) is 0. The van der Waals surface area contributed by atoms with E-state index in [2.05, 4.69) is 19.9 Å². The number of benzene rings is 1. The molecule has 7 heteroatoms. The third kappa shape index (κ3) is 1.91. The number of carbonyl (C=O) groups excluding carboxylic acids is 1. The number of aromatic nitrogens is 4. The molecular formula is C13H10N6O. The molecule has 0 radical (unpaired) electrons. The van der Waals surface area contributed by atoms with E-state index >= 15 is 0 Å². The molecule has 3 rings (SSSR count). The van der Waals surface area contributed by atoms with Gasteiger partial charge in [-0.1, -0.05) is 30.3 Å². The molecule has 1 aromatic carbocycles. The number of amides is 1. The summed E-state index contributed by atoms with van der Waals surface area (Å²) in [5, 5.41) is 0. The summed E-state index contributed by atoms with van der Waals surface area (Å²) >= 11 is 0. The monoisotopic (exact) mass is 266 g/mol. The lowest BCUT2D eigenvalue weighted by molar-refractivity contribution is 0.0996. The van der Waals surface area contributed by atoms with Crippen LogP contribution in [0.15, 0.2) is 36.7 Å². The molecule has 0 atom stereocenters. The molecule has 0 aliphatic carbocycles. The van der Waals surface area contributed by atoms with Crippen molar-refractivity contribution in [2.24, 2.45) is 5.73 Å². The van der Waals surface area contributed by atoms with E-state index in [1.807, 2.05) is 30.3 Å². The van der Waals surface area contributed by atoms with Gasteiger partial charge in [-0.15, -0.1) is 0 Å². The van der Waals surface area contributed by atoms with E-state index in [0.717, 1.165) is 5.56 Å². The number of rotatable bonds is 2. The summed E-state index contributed by atoms with van der Waals surface area (Å²) in [6.07, 6.45) is 1.26. The zero-order valence-electron chi connectivity index (χ0n) is 10.3. The minimum Gasteiger partial charge on any atom is -0.382 e. The molecule has 0 aliphatic heterocycles. The molecule has 3 aromatic rings. The van der Waals surface area contributed by atoms with Gasteiger partial charge < -0.3 is 11.5 Å². The molecule has 4 N–H and O–H groups in total. The molecule has 0 unspecified atom stereocenters. The Morgan fingerprint density at radius 2 is 1.80 bits per heavy atom. The van der Waals surface area contributed by atoms with Crippen LogP contribution in [0.4, 0.5) is 5.82 Å². The fourth-order valence-corrected chi connectivity index (χ4v) is 1.86. The zero-order valence-corrected chi connectivity index (χ0v) is 10.3. The molecule has 7 nitrogen and oxygen atoms in total. The summed E-state index contributed by atoms with van der Waals surface area (Å²) in [6, 6.07) is 9.14. The van der Waals surface area contributed by atoms with E-state index in [9.17, 15) is 4.79 Å². The number of hydrogen-bond donors (Lipinski definition) is 2. The largest absolute Gasteiger partial charge is 0.382 e. The zero-order chi connectivity index (χ0) is 14.1. The van der Waals surface area contributed by atoms with Crippen molar-refractivity contribution in [3.05, 3.63) is 42.4 Å². The van der Waals surface area contributed by atoms with E-state index in [1.54, 1.807) is 0 Å². The summed E-state index contributed by atoms with van der Waals surface area (Å²) in [5.41, 5.74) is 12.9. The molecule has 2 aromatic heterocycles. The number of primary amides is 1.